The van der Waals surface area contributed by atoms with E-state index >= 15 is 0 Å². The Kier molecular flexibility index (Phi) is 4.54. The fraction of sp³-hybridized carbons (Fsp3) is 0.500. The molecule has 0 aliphatic carbocycles. The van der Waals surface area contributed by atoms with Gasteiger partial charge in [0.05, 0.1) is 5.69 Å². The van der Waals surface area contributed by atoms with Crippen LogP contribution in [0.1, 0.15) is 43.3 Å². The smallest absolute Gasteiger partial charge is 0.263 e. The van der Waals surface area contributed by atoms with Crippen molar-refractivity contribution in [3.63, 3.8) is 0 Å². The highest BCUT2D eigenvalue weighted by Gasteiger charge is 2.19. The predicted octanol–water partition coefficient (Wildman–Crippen LogP) is 2.83. The van der Waals surface area contributed by atoms with Gasteiger partial charge in [0.15, 0.2) is 0 Å². The Hall–Kier alpha value is -1.69. The van der Waals surface area contributed by atoms with Crippen LogP contribution in [-0.4, -0.2) is 21.9 Å². The first-order valence-corrected chi connectivity index (χ1v) is 7.60. The molecule has 2 aromatic rings. The van der Waals surface area contributed by atoms with Crippen LogP contribution in [0.3, 0.4) is 0 Å². The van der Waals surface area contributed by atoms with E-state index in [1.807, 2.05) is 6.92 Å². The van der Waals surface area contributed by atoms with Gasteiger partial charge >= 0.3 is 0 Å². The second-order valence-corrected chi connectivity index (χ2v) is 6.40. The van der Waals surface area contributed by atoms with Crippen LogP contribution in [0.2, 0.25) is 0 Å². The van der Waals surface area contributed by atoms with Crippen molar-refractivity contribution in [3.05, 3.63) is 17.3 Å². The van der Waals surface area contributed by atoms with E-state index in [1.165, 1.54) is 11.3 Å². The zero-order chi connectivity index (χ0) is 14.7. The molecule has 2 rings (SSSR count). The molecule has 0 aromatic carbocycles. The summed E-state index contributed by atoms with van der Waals surface area (Å²) in [5.41, 5.74) is 7.02. The van der Waals surface area contributed by atoms with Crippen molar-refractivity contribution < 1.29 is 4.79 Å². The summed E-state index contributed by atoms with van der Waals surface area (Å²) in [5.74, 6) is 0.501. The van der Waals surface area contributed by atoms with E-state index in [0.29, 0.717) is 26.8 Å². The lowest BCUT2D eigenvalue weighted by Gasteiger charge is -2.14. The summed E-state index contributed by atoms with van der Waals surface area (Å²) < 4.78 is 0. The molecule has 2 heterocycles. The Bertz CT molecular complexity index is 608. The lowest BCUT2D eigenvalue weighted by Crippen LogP contribution is -2.32. The third-order valence-electron chi connectivity index (χ3n) is 3.12. The molecule has 0 saturated carbocycles. The maximum Gasteiger partial charge on any atom is 0.263 e. The molecule has 0 saturated heterocycles. The molecule has 1 atom stereocenters. The Morgan fingerprint density at radius 1 is 1.30 bits per heavy atom. The SMILES string of the molecule is CC(C)CCC(C)NC(=O)c1sc2nccnc2c1N. The summed E-state index contributed by atoms with van der Waals surface area (Å²) in [5, 5.41) is 2.99. The summed E-state index contributed by atoms with van der Waals surface area (Å²) in [7, 11) is 0. The minimum absolute atomic E-state index is 0.135. The third-order valence-corrected chi connectivity index (χ3v) is 4.23. The van der Waals surface area contributed by atoms with E-state index in [9.17, 15) is 4.79 Å². The highest BCUT2D eigenvalue weighted by atomic mass is 32.1. The highest BCUT2D eigenvalue weighted by molar-refractivity contribution is 7.21. The molecule has 5 nitrogen and oxygen atoms in total. The molecule has 20 heavy (non-hydrogen) atoms. The molecule has 2 aromatic heterocycles. The number of nitrogens with zero attached hydrogens (tertiary/aromatic N) is 2. The number of carbonyl (C=O) groups excluding carboxylic acids is 1. The molecule has 6 heteroatoms. The third kappa shape index (κ3) is 3.25. The van der Waals surface area contributed by atoms with Gasteiger partial charge in [0, 0.05) is 18.4 Å². The van der Waals surface area contributed by atoms with Gasteiger partial charge in [-0.05, 0) is 25.7 Å². The number of amides is 1. The first-order valence-electron chi connectivity index (χ1n) is 6.79. The molecule has 0 radical (unpaired) electrons. The van der Waals surface area contributed by atoms with Gasteiger partial charge in [-0.1, -0.05) is 13.8 Å². The Labute approximate surface area is 122 Å². The van der Waals surface area contributed by atoms with E-state index in [4.69, 9.17) is 5.73 Å². The van der Waals surface area contributed by atoms with Gasteiger partial charge in [-0.15, -0.1) is 11.3 Å². The van der Waals surface area contributed by atoms with E-state index in [0.717, 1.165) is 12.8 Å². The average Bonchev–Trinajstić information content (AvgIpc) is 2.74. The molecule has 1 unspecified atom stereocenters. The molecule has 0 aliphatic rings. The van der Waals surface area contributed by atoms with E-state index in [-0.39, 0.29) is 11.9 Å². The second kappa shape index (κ2) is 6.17. The molecule has 1 amide bonds. The maximum atomic E-state index is 12.3. The van der Waals surface area contributed by atoms with E-state index in [2.05, 4.69) is 29.1 Å². The van der Waals surface area contributed by atoms with Gasteiger partial charge < -0.3 is 11.1 Å². The van der Waals surface area contributed by atoms with Gasteiger partial charge in [-0.2, -0.15) is 0 Å². The standard InChI is InChI=1S/C14H20N4OS/c1-8(2)4-5-9(3)18-13(19)12-10(15)11-14(20-12)17-7-6-16-11/h6-9H,4-5,15H2,1-3H3,(H,18,19). The zero-order valence-corrected chi connectivity index (χ0v) is 12.8. The van der Waals surface area contributed by atoms with Crippen LogP contribution in [0.5, 0.6) is 0 Å². The predicted molar refractivity (Wildman–Crippen MR) is 82.8 cm³/mol. The van der Waals surface area contributed by atoms with Gasteiger partial charge in [-0.25, -0.2) is 9.97 Å². The average molecular weight is 292 g/mol. The van der Waals surface area contributed by atoms with Crippen LogP contribution in [0.4, 0.5) is 5.69 Å². The minimum Gasteiger partial charge on any atom is -0.396 e. The van der Waals surface area contributed by atoms with Crippen molar-refractivity contribution in [2.75, 3.05) is 5.73 Å². The van der Waals surface area contributed by atoms with E-state index < -0.39 is 0 Å². The van der Waals surface area contributed by atoms with Crippen molar-refractivity contribution in [2.24, 2.45) is 5.92 Å². The number of carbonyl (C=O) groups is 1. The number of nitrogens with one attached hydrogen (secondary N) is 1. The van der Waals surface area contributed by atoms with Crippen molar-refractivity contribution >= 4 is 33.3 Å². The van der Waals surface area contributed by atoms with Crippen molar-refractivity contribution in [3.8, 4) is 0 Å². The van der Waals surface area contributed by atoms with Crippen LogP contribution in [0.15, 0.2) is 12.4 Å². The molecular weight excluding hydrogens is 272 g/mol. The first kappa shape index (κ1) is 14.7. The van der Waals surface area contributed by atoms with E-state index in [1.54, 1.807) is 12.4 Å². The fourth-order valence-electron chi connectivity index (χ4n) is 1.96. The van der Waals surface area contributed by atoms with Crippen LogP contribution < -0.4 is 11.1 Å². The number of fused-ring (bicyclic) bond motifs is 1. The first-order chi connectivity index (χ1) is 9.49. The van der Waals surface area contributed by atoms with Crippen molar-refractivity contribution in [1.29, 1.82) is 0 Å². The Balaban J connectivity index is 2.09. The number of nitrogen functional groups attached to an aromatic ring is 1. The second-order valence-electron chi connectivity index (χ2n) is 5.40. The Morgan fingerprint density at radius 2 is 2.00 bits per heavy atom. The number of hydrogen-bond donors (Lipinski definition) is 2. The maximum absolute atomic E-state index is 12.3. The van der Waals surface area contributed by atoms with Gasteiger partial charge in [0.1, 0.15) is 15.2 Å². The summed E-state index contributed by atoms with van der Waals surface area (Å²) in [6.45, 7) is 6.37. The van der Waals surface area contributed by atoms with Gasteiger partial charge in [0.25, 0.3) is 5.91 Å². The number of nitrogens with two attached hydrogens (primary N) is 1. The number of thiophene rings is 1. The summed E-state index contributed by atoms with van der Waals surface area (Å²) >= 11 is 1.29. The van der Waals surface area contributed by atoms with Crippen LogP contribution >= 0.6 is 11.3 Å². The normalized spacial score (nSPS) is 12.8. The summed E-state index contributed by atoms with van der Waals surface area (Å²) in [6.07, 6.45) is 5.24. The van der Waals surface area contributed by atoms with Crippen LogP contribution in [0.25, 0.3) is 10.3 Å². The molecule has 108 valence electrons. The molecule has 0 aliphatic heterocycles. The fourth-order valence-corrected chi connectivity index (χ4v) is 2.88. The lowest BCUT2D eigenvalue weighted by atomic mass is 10.0. The van der Waals surface area contributed by atoms with Crippen molar-refractivity contribution in [2.45, 2.75) is 39.7 Å². The lowest BCUT2D eigenvalue weighted by molar-refractivity contribution is 0.0942. The monoisotopic (exact) mass is 292 g/mol. The number of aromatic nitrogens is 2. The topological polar surface area (TPSA) is 80.9 Å². The Morgan fingerprint density at radius 3 is 2.65 bits per heavy atom. The number of anilines is 1. The zero-order valence-electron chi connectivity index (χ0n) is 12.0. The minimum atomic E-state index is -0.136. The largest absolute Gasteiger partial charge is 0.396 e. The molecular formula is C14H20N4OS. The molecule has 3 N–H and O–H groups in total. The summed E-state index contributed by atoms with van der Waals surface area (Å²) in [6, 6.07) is 0.135. The molecule has 0 bridgehead atoms. The van der Waals surface area contributed by atoms with Gasteiger partial charge in [0.2, 0.25) is 0 Å². The van der Waals surface area contributed by atoms with Gasteiger partial charge in [-0.3, -0.25) is 4.79 Å². The highest BCUT2D eigenvalue weighted by Crippen LogP contribution is 2.30. The van der Waals surface area contributed by atoms with Crippen molar-refractivity contribution in [1.82, 2.24) is 15.3 Å². The van der Waals surface area contributed by atoms with Crippen LogP contribution in [-0.2, 0) is 0 Å². The summed E-state index contributed by atoms with van der Waals surface area (Å²) in [4.78, 5) is 21.8. The molecule has 0 fully saturated rings. The number of rotatable bonds is 5. The van der Waals surface area contributed by atoms with Crippen LogP contribution in [0, 0.1) is 5.92 Å². The quantitative estimate of drug-likeness (QED) is 0.888. The molecule has 0 spiro atoms. The number of hydrogen-bond acceptors (Lipinski definition) is 5.